The summed E-state index contributed by atoms with van der Waals surface area (Å²) >= 11 is 0. The Morgan fingerprint density at radius 1 is 1.32 bits per heavy atom. The molecule has 1 aliphatic rings. The molecule has 2 aromatic heterocycles. The van der Waals surface area contributed by atoms with Gasteiger partial charge in [0.05, 0.1) is 11.8 Å². The molecular formula is C18H24N4O3. The number of likely N-dealkylation sites (tertiary alicyclic amines) is 1. The highest BCUT2D eigenvalue weighted by Crippen LogP contribution is 2.23. The van der Waals surface area contributed by atoms with Crippen LogP contribution < -0.4 is 5.56 Å². The minimum absolute atomic E-state index is 0.0822. The van der Waals surface area contributed by atoms with E-state index >= 15 is 0 Å². The zero-order valence-corrected chi connectivity index (χ0v) is 15.0. The molecule has 134 valence electrons. The average molecular weight is 344 g/mol. The summed E-state index contributed by atoms with van der Waals surface area (Å²) in [6, 6.07) is 3.78. The van der Waals surface area contributed by atoms with E-state index in [0.29, 0.717) is 18.5 Å². The number of β-amino-alcohol motifs (C(OH)–C–C–N with tert-alkyl or cyclic N) is 1. The van der Waals surface area contributed by atoms with Crippen molar-refractivity contribution in [1.29, 1.82) is 0 Å². The van der Waals surface area contributed by atoms with Gasteiger partial charge in [-0.15, -0.1) is 0 Å². The van der Waals surface area contributed by atoms with Gasteiger partial charge in [0, 0.05) is 37.4 Å². The van der Waals surface area contributed by atoms with E-state index in [0.717, 1.165) is 17.1 Å². The molecule has 2 atom stereocenters. The number of carbonyl (C=O) groups excluding carboxylic acids is 1. The standard InChI is InChI=1S/C18H24N4O3/c1-10-5-12(3)21(4)17(24)16(10)18(25)22-8-13(15(23)9-22)7-14-6-11(2)19-20-14/h5-6,13,15,23H,7-9H2,1-4H3,(H,19,20)/t13-,15-/m1/s1. The second-order valence-corrected chi connectivity index (χ2v) is 6.99. The van der Waals surface area contributed by atoms with Crippen LogP contribution in [0.1, 0.15) is 33.0 Å². The minimum Gasteiger partial charge on any atom is -0.391 e. The number of rotatable bonds is 3. The summed E-state index contributed by atoms with van der Waals surface area (Å²) in [5, 5.41) is 17.4. The Hall–Kier alpha value is -2.41. The molecule has 0 aromatic carbocycles. The molecule has 2 aromatic rings. The predicted molar refractivity (Wildman–Crippen MR) is 93.6 cm³/mol. The molecule has 1 aliphatic heterocycles. The molecule has 0 saturated carbocycles. The molecule has 3 heterocycles. The molecule has 2 N–H and O–H groups in total. The summed E-state index contributed by atoms with van der Waals surface area (Å²) in [4.78, 5) is 27.0. The zero-order chi connectivity index (χ0) is 18.3. The number of aryl methyl sites for hydroxylation is 3. The van der Waals surface area contributed by atoms with E-state index in [1.54, 1.807) is 18.9 Å². The van der Waals surface area contributed by atoms with Gasteiger partial charge in [0.25, 0.3) is 11.5 Å². The number of aliphatic hydroxyl groups is 1. The summed E-state index contributed by atoms with van der Waals surface area (Å²) in [5.41, 5.74) is 3.23. The maximum atomic E-state index is 12.9. The van der Waals surface area contributed by atoms with Gasteiger partial charge >= 0.3 is 0 Å². The van der Waals surface area contributed by atoms with E-state index in [9.17, 15) is 14.7 Å². The molecule has 3 rings (SSSR count). The molecule has 1 saturated heterocycles. The van der Waals surface area contributed by atoms with Crippen LogP contribution in [0.25, 0.3) is 0 Å². The Bertz CT molecular complexity index is 868. The van der Waals surface area contributed by atoms with Crippen molar-refractivity contribution in [1.82, 2.24) is 19.7 Å². The largest absolute Gasteiger partial charge is 0.391 e. The van der Waals surface area contributed by atoms with Gasteiger partial charge in [0.2, 0.25) is 0 Å². The molecule has 0 unspecified atom stereocenters. The summed E-state index contributed by atoms with van der Waals surface area (Å²) in [7, 11) is 1.66. The molecule has 1 fully saturated rings. The average Bonchev–Trinajstić information content (AvgIpc) is 3.11. The van der Waals surface area contributed by atoms with Gasteiger partial charge in [0.15, 0.2) is 0 Å². The minimum atomic E-state index is -0.615. The highest BCUT2D eigenvalue weighted by Gasteiger charge is 2.36. The van der Waals surface area contributed by atoms with Crippen molar-refractivity contribution in [2.75, 3.05) is 13.1 Å². The van der Waals surface area contributed by atoms with Crippen LogP contribution in [0.15, 0.2) is 16.9 Å². The molecule has 25 heavy (non-hydrogen) atoms. The van der Waals surface area contributed by atoms with Crippen molar-refractivity contribution >= 4 is 5.91 Å². The Morgan fingerprint density at radius 2 is 2.04 bits per heavy atom. The first-order valence-corrected chi connectivity index (χ1v) is 8.43. The Labute approximate surface area is 146 Å². The summed E-state index contributed by atoms with van der Waals surface area (Å²) in [6.45, 7) is 6.20. The van der Waals surface area contributed by atoms with E-state index in [1.807, 2.05) is 26.0 Å². The van der Waals surface area contributed by atoms with E-state index in [4.69, 9.17) is 0 Å². The number of pyridine rings is 1. The van der Waals surface area contributed by atoms with Crippen LogP contribution in [0.5, 0.6) is 0 Å². The Morgan fingerprint density at radius 3 is 2.68 bits per heavy atom. The first kappa shape index (κ1) is 17.4. The summed E-state index contributed by atoms with van der Waals surface area (Å²) in [5.74, 6) is -0.390. The second kappa shape index (κ2) is 6.48. The molecule has 7 nitrogen and oxygen atoms in total. The van der Waals surface area contributed by atoms with E-state index in [2.05, 4.69) is 10.2 Å². The molecule has 0 radical (unpaired) electrons. The third-order valence-corrected chi connectivity index (χ3v) is 5.01. The lowest BCUT2D eigenvalue weighted by atomic mass is 10.00. The Balaban J connectivity index is 1.80. The summed E-state index contributed by atoms with van der Waals surface area (Å²) < 4.78 is 1.48. The Kier molecular flexibility index (Phi) is 4.51. The van der Waals surface area contributed by atoms with E-state index < -0.39 is 6.10 Å². The predicted octanol–water partition coefficient (Wildman–Crippen LogP) is 0.709. The van der Waals surface area contributed by atoms with Crippen molar-refractivity contribution in [2.24, 2.45) is 13.0 Å². The molecular weight excluding hydrogens is 320 g/mol. The molecule has 1 amide bonds. The number of carbonyl (C=O) groups is 1. The first-order chi connectivity index (χ1) is 11.8. The van der Waals surface area contributed by atoms with Gasteiger partial charge in [-0.3, -0.25) is 14.7 Å². The van der Waals surface area contributed by atoms with Crippen molar-refractivity contribution < 1.29 is 9.90 Å². The van der Waals surface area contributed by atoms with Gasteiger partial charge in [-0.2, -0.15) is 5.10 Å². The molecule has 7 heteroatoms. The van der Waals surface area contributed by atoms with Gasteiger partial charge in [-0.1, -0.05) is 0 Å². The maximum absolute atomic E-state index is 12.9. The van der Waals surface area contributed by atoms with Crippen LogP contribution in [-0.2, 0) is 13.5 Å². The van der Waals surface area contributed by atoms with Crippen LogP contribution in [0.3, 0.4) is 0 Å². The lowest BCUT2D eigenvalue weighted by molar-refractivity contribution is 0.0761. The SMILES string of the molecule is Cc1cc(C[C@@H]2CN(C(=O)c3c(C)cc(C)n(C)c3=O)C[C@H]2O)n[nH]1. The number of nitrogens with zero attached hydrogens (tertiary/aromatic N) is 3. The fourth-order valence-electron chi connectivity index (χ4n) is 3.47. The van der Waals surface area contributed by atoms with Gasteiger partial charge in [-0.25, -0.2) is 0 Å². The van der Waals surface area contributed by atoms with Gasteiger partial charge in [0.1, 0.15) is 5.56 Å². The normalized spacial score (nSPS) is 20.3. The number of aromatic amines is 1. The quantitative estimate of drug-likeness (QED) is 0.858. The van der Waals surface area contributed by atoms with E-state index in [-0.39, 0.29) is 29.5 Å². The van der Waals surface area contributed by atoms with Crippen molar-refractivity contribution in [3.05, 3.63) is 50.7 Å². The number of aliphatic hydroxyl groups excluding tert-OH is 1. The van der Waals surface area contributed by atoms with E-state index in [1.165, 1.54) is 4.57 Å². The zero-order valence-electron chi connectivity index (χ0n) is 15.0. The van der Waals surface area contributed by atoms with Crippen LogP contribution in [0, 0.1) is 26.7 Å². The van der Waals surface area contributed by atoms with Crippen LogP contribution in [-0.4, -0.2) is 49.9 Å². The number of H-pyrrole nitrogens is 1. The molecule has 0 aliphatic carbocycles. The topological polar surface area (TPSA) is 91.2 Å². The number of hydrogen-bond acceptors (Lipinski definition) is 4. The van der Waals surface area contributed by atoms with Crippen LogP contribution >= 0.6 is 0 Å². The lowest BCUT2D eigenvalue weighted by Gasteiger charge is -2.18. The monoisotopic (exact) mass is 344 g/mol. The molecule has 0 bridgehead atoms. The van der Waals surface area contributed by atoms with Crippen molar-refractivity contribution in [3.63, 3.8) is 0 Å². The smallest absolute Gasteiger partial charge is 0.263 e. The molecule has 0 spiro atoms. The lowest BCUT2D eigenvalue weighted by Crippen LogP contribution is -2.37. The van der Waals surface area contributed by atoms with Crippen LogP contribution in [0.2, 0.25) is 0 Å². The van der Waals surface area contributed by atoms with Crippen molar-refractivity contribution in [3.8, 4) is 0 Å². The fourth-order valence-corrected chi connectivity index (χ4v) is 3.47. The maximum Gasteiger partial charge on any atom is 0.263 e. The number of aromatic nitrogens is 3. The number of hydrogen-bond donors (Lipinski definition) is 2. The highest BCUT2D eigenvalue weighted by molar-refractivity contribution is 5.95. The number of nitrogens with one attached hydrogen (secondary N) is 1. The van der Waals surface area contributed by atoms with Crippen LogP contribution in [0.4, 0.5) is 0 Å². The van der Waals surface area contributed by atoms with Gasteiger partial charge in [-0.05, 0) is 44.9 Å². The van der Waals surface area contributed by atoms with Gasteiger partial charge < -0.3 is 14.6 Å². The third-order valence-electron chi connectivity index (χ3n) is 5.01. The number of amides is 1. The fraction of sp³-hybridized carbons (Fsp3) is 0.500. The second-order valence-electron chi connectivity index (χ2n) is 6.99. The first-order valence-electron chi connectivity index (χ1n) is 8.43. The highest BCUT2D eigenvalue weighted by atomic mass is 16.3. The van der Waals surface area contributed by atoms with Crippen molar-refractivity contribution in [2.45, 2.75) is 33.3 Å². The third kappa shape index (κ3) is 3.24. The summed E-state index contributed by atoms with van der Waals surface area (Å²) in [6.07, 6.45) is -0.0178.